The van der Waals surface area contributed by atoms with Crippen LogP contribution < -0.4 is 4.52 Å². The summed E-state index contributed by atoms with van der Waals surface area (Å²) < 4.78 is 34.5. The Bertz CT molecular complexity index is 869. The van der Waals surface area contributed by atoms with Crippen LogP contribution in [0.3, 0.4) is 0 Å². The highest BCUT2D eigenvalue weighted by Gasteiger charge is 2.25. The molecule has 1 aliphatic rings. The van der Waals surface area contributed by atoms with Gasteiger partial charge in [0.1, 0.15) is 18.5 Å². The maximum atomic E-state index is 12.5. The molecule has 2 unspecified atom stereocenters. The number of ether oxygens (including phenoxy) is 2. The number of hydrogen-bond acceptors (Lipinski definition) is 7. The first-order chi connectivity index (χ1) is 20.5. The highest BCUT2D eigenvalue weighted by molar-refractivity contribution is 7.47. The van der Waals surface area contributed by atoms with E-state index in [1.165, 1.54) is 77.0 Å². The summed E-state index contributed by atoms with van der Waals surface area (Å²) in [5, 5.41) is 0. The van der Waals surface area contributed by atoms with Crippen LogP contribution in [0.4, 0.5) is 0 Å². The van der Waals surface area contributed by atoms with Crippen molar-refractivity contribution in [3.8, 4) is 5.75 Å². The minimum Gasteiger partial charge on any atom is -0.404 e. The molecule has 1 aromatic carbocycles. The molecular weight excluding hydrogens is 551 g/mol. The van der Waals surface area contributed by atoms with Gasteiger partial charge in [-0.15, -0.1) is 0 Å². The summed E-state index contributed by atoms with van der Waals surface area (Å²) in [6, 6.07) is 7.11. The summed E-state index contributed by atoms with van der Waals surface area (Å²) in [5.74, 6) is 0.280. The summed E-state index contributed by atoms with van der Waals surface area (Å²) in [7, 11) is -4.29. The van der Waals surface area contributed by atoms with Crippen LogP contribution in [0.25, 0.3) is 0 Å². The number of rotatable bonds is 27. The molecule has 241 valence electrons. The van der Waals surface area contributed by atoms with Crippen molar-refractivity contribution in [2.24, 2.45) is 0 Å². The van der Waals surface area contributed by atoms with Crippen LogP contribution in [0, 0.1) is 6.67 Å². The maximum absolute atomic E-state index is 12.5. The Balaban J connectivity index is 1.51. The van der Waals surface area contributed by atoms with Gasteiger partial charge in [-0.3, -0.25) is 9.42 Å². The van der Waals surface area contributed by atoms with Crippen molar-refractivity contribution in [2.45, 2.75) is 123 Å². The molecule has 0 saturated carbocycles. The molecule has 0 aromatic heterocycles. The second-order valence-electron chi connectivity index (χ2n) is 11.2. The van der Waals surface area contributed by atoms with Gasteiger partial charge >= 0.3 is 7.82 Å². The Kier molecular flexibility index (Phi) is 20.0. The number of phosphoric ester groups is 1. The minimum atomic E-state index is -4.29. The topological polar surface area (TPSA) is 80.7 Å². The molecule has 8 nitrogen and oxygen atoms in total. The Labute approximate surface area is 256 Å². The molecule has 0 saturated heterocycles. The van der Waals surface area contributed by atoms with Crippen molar-refractivity contribution in [3.63, 3.8) is 0 Å². The van der Waals surface area contributed by atoms with Crippen molar-refractivity contribution in [1.29, 1.82) is 0 Å². The fourth-order valence-electron chi connectivity index (χ4n) is 4.92. The lowest BCUT2D eigenvalue weighted by atomic mass is 10.0. The predicted molar refractivity (Wildman–Crippen MR) is 171 cm³/mol. The third-order valence-electron chi connectivity index (χ3n) is 7.39. The normalized spacial score (nSPS) is 15.3. The van der Waals surface area contributed by atoms with Gasteiger partial charge in [0.05, 0.1) is 13.2 Å². The zero-order chi connectivity index (χ0) is 30.3. The number of unbranched alkanes of at least 4 members (excludes halogenated alkanes) is 13. The standard InChI is InChI=1S/C33H58N2O6P/c1-4-7-8-9-10-11-12-13-14-15-16-17-18-19-26-38-28-33(39-6-3)29-40-42(36,37)41-32-22-20-31(21-23-32)27-35-25-24-34(5-2)30-35/h20-25,30,33H,4-19,26-29H2,1-3H3,(H,36,37). The molecule has 0 spiro atoms. The largest absolute Gasteiger partial charge is 0.527 e. The van der Waals surface area contributed by atoms with Gasteiger partial charge in [-0.25, -0.2) is 4.57 Å². The molecule has 0 aliphatic carbocycles. The highest BCUT2D eigenvalue weighted by atomic mass is 31.2. The third kappa shape index (κ3) is 17.5. The fourth-order valence-corrected chi connectivity index (χ4v) is 5.71. The predicted octanol–water partition coefficient (Wildman–Crippen LogP) is 8.81. The number of nitrogens with zero attached hydrogens (tertiary/aromatic N) is 2. The first kappa shape index (κ1) is 36.6. The van der Waals surface area contributed by atoms with Gasteiger partial charge in [0.2, 0.25) is 0 Å². The Morgan fingerprint density at radius 3 is 1.88 bits per heavy atom. The van der Waals surface area contributed by atoms with E-state index in [0.29, 0.717) is 26.4 Å². The van der Waals surface area contributed by atoms with E-state index in [4.69, 9.17) is 18.5 Å². The molecule has 9 heteroatoms. The zero-order valence-electron chi connectivity index (χ0n) is 26.6. The quantitative estimate of drug-likeness (QED) is 0.0783. The van der Waals surface area contributed by atoms with Crippen LogP contribution in [0.5, 0.6) is 5.75 Å². The van der Waals surface area contributed by atoms with Gasteiger partial charge in [-0.2, -0.15) is 0 Å². The summed E-state index contributed by atoms with van der Waals surface area (Å²) in [4.78, 5) is 14.4. The van der Waals surface area contributed by atoms with E-state index in [1.54, 1.807) is 12.1 Å². The summed E-state index contributed by atoms with van der Waals surface area (Å²) in [6.45, 7) is 11.3. The molecule has 2 atom stereocenters. The highest BCUT2D eigenvalue weighted by Crippen LogP contribution is 2.44. The molecule has 1 aliphatic heterocycles. The van der Waals surface area contributed by atoms with Crippen molar-refractivity contribution in [3.05, 3.63) is 48.9 Å². The smallest absolute Gasteiger partial charge is 0.404 e. The van der Waals surface area contributed by atoms with Crippen LogP contribution in [-0.4, -0.2) is 53.8 Å². The monoisotopic (exact) mass is 609 g/mol. The maximum Gasteiger partial charge on any atom is 0.527 e. The Morgan fingerprint density at radius 2 is 1.33 bits per heavy atom. The average Bonchev–Trinajstić information content (AvgIpc) is 3.44. The fraction of sp³-hybridized carbons (Fsp3) is 0.727. The van der Waals surface area contributed by atoms with Crippen LogP contribution in [0.2, 0.25) is 0 Å². The van der Waals surface area contributed by atoms with Gasteiger partial charge in [-0.05, 0) is 38.0 Å². The Morgan fingerprint density at radius 1 is 0.762 bits per heavy atom. The van der Waals surface area contributed by atoms with E-state index < -0.39 is 13.9 Å². The van der Waals surface area contributed by atoms with Crippen LogP contribution in [0.15, 0.2) is 36.7 Å². The van der Waals surface area contributed by atoms with E-state index >= 15 is 0 Å². The third-order valence-corrected chi connectivity index (χ3v) is 8.31. The lowest BCUT2D eigenvalue weighted by Gasteiger charge is -2.20. The Hall–Kier alpha value is -1.57. The molecule has 1 aromatic rings. The molecular formula is C33H58N2O6P. The van der Waals surface area contributed by atoms with Crippen LogP contribution in [-0.2, 0) is 25.1 Å². The van der Waals surface area contributed by atoms with Gasteiger partial charge < -0.3 is 23.8 Å². The van der Waals surface area contributed by atoms with Crippen molar-refractivity contribution in [2.75, 3.05) is 33.0 Å². The second kappa shape index (κ2) is 22.9. The van der Waals surface area contributed by atoms with Crippen molar-refractivity contribution < 1.29 is 28.0 Å². The van der Waals surface area contributed by atoms with E-state index in [2.05, 4.69) is 23.6 Å². The zero-order valence-corrected chi connectivity index (χ0v) is 27.5. The van der Waals surface area contributed by atoms with Crippen molar-refractivity contribution >= 4 is 7.82 Å². The van der Waals surface area contributed by atoms with E-state index in [0.717, 1.165) is 24.9 Å². The van der Waals surface area contributed by atoms with E-state index in [1.807, 2.05) is 38.1 Å². The van der Waals surface area contributed by atoms with Gasteiger partial charge in [0.25, 0.3) is 0 Å². The lowest BCUT2D eigenvalue weighted by Crippen LogP contribution is -2.26. The SMILES string of the molecule is CCCCCCCCCCCCCCCCOCC(COP(=O)(O)Oc1ccc(CN2[CH]N(CC)C=C2)cc1)OCC. The van der Waals surface area contributed by atoms with E-state index in [9.17, 15) is 9.46 Å². The van der Waals surface area contributed by atoms with E-state index in [-0.39, 0.29) is 12.4 Å². The summed E-state index contributed by atoms with van der Waals surface area (Å²) in [6.07, 6.45) is 22.1. The van der Waals surface area contributed by atoms with Crippen LogP contribution >= 0.6 is 7.82 Å². The number of benzene rings is 1. The second-order valence-corrected chi connectivity index (χ2v) is 12.5. The lowest BCUT2D eigenvalue weighted by molar-refractivity contribution is -0.0373. The average molecular weight is 610 g/mol. The first-order valence-electron chi connectivity index (χ1n) is 16.5. The first-order valence-corrected chi connectivity index (χ1v) is 17.9. The molecule has 1 heterocycles. The van der Waals surface area contributed by atoms with Crippen molar-refractivity contribution in [1.82, 2.24) is 9.80 Å². The molecule has 2 rings (SSSR count). The van der Waals surface area contributed by atoms with Gasteiger partial charge in [-0.1, -0.05) is 103 Å². The summed E-state index contributed by atoms with van der Waals surface area (Å²) >= 11 is 0. The summed E-state index contributed by atoms with van der Waals surface area (Å²) in [5.41, 5.74) is 1.06. The molecule has 0 amide bonds. The van der Waals surface area contributed by atoms with Gasteiger partial charge in [0, 0.05) is 38.7 Å². The number of phosphoric acid groups is 1. The minimum absolute atomic E-state index is 0.0799. The molecule has 0 fully saturated rings. The van der Waals surface area contributed by atoms with Gasteiger partial charge in [0.15, 0.2) is 0 Å². The molecule has 0 bridgehead atoms. The number of hydrogen-bond donors (Lipinski definition) is 1. The molecule has 1 N–H and O–H groups in total. The van der Waals surface area contributed by atoms with Crippen LogP contribution in [0.1, 0.15) is 116 Å². The molecule has 42 heavy (non-hydrogen) atoms. The molecule has 1 radical (unpaired) electrons.